The molecule has 2 heterocycles. The standard InChI is InChI=1S/C30H34F7N5O3/c1-18(43)41-11-8-20(9-12-41)27(44)38-42-13-10-26(25(17-42)19-4-6-23(31)7-5-19)40(3)28(45)39(2)24-15-21(29(32,33)34)14-22(16-24)30(35,36)37/h4-7,14-16,20,25-26H,8-13,17H2,1-3H3,(H,38,44)/t25-,26+/m0/s1. The maximum absolute atomic E-state index is 13.8. The van der Waals surface area contributed by atoms with E-state index >= 15 is 0 Å². The van der Waals surface area contributed by atoms with Gasteiger partial charge in [0.1, 0.15) is 5.82 Å². The molecule has 0 spiro atoms. The van der Waals surface area contributed by atoms with Gasteiger partial charge in [0.25, 0.3) is 0 Å². The van der Waals surface area contributed by atoms with Gasteiger partial charge in [-0.05, 0) is 55.2 Å². The predicted molar refractivity (Wildman–Crippen MR) is 150 cm³/mol. The van der Waals surface area contributed by atoms with Crippen LogP contribution in [0.2, 0.25) is 0 Å². The van der Waals surface area contributed by atoms with Crippen LogP contribution in [0.4, 0.5) is 41.2 Å². The molecule has 0 saturated carbocycles. The second-order valence-corrected chi connectivity index (χ2v) is 11.4. The number of hydrazine groups is 1. The number of urea groups is 1. The first-order valence-corrected chi connectivity index (χ1v) is 14.3. The predicted octanol–water partition coefficient (Wildman–Crippen LogP) is 5.50. The number of hydrogen-bond donors (Lipinski definition) is 1. The van der Waals surface area contributed by atoms with Crippen LogP contribution < -0.4 is 10.3 Å². The molecule has 45 heavy (non-hydrogen) atoms. The van der Waals surface area contributed by atoms with E-state index in [1.54, 1.807) is 9.91 Å². The minimum absolute atomic E-state index is 0.00718. The minimum atomic E-state index is -5.08. The summed E-state index contributed by atoms with van der Waals surface area (Å²) in [4.78, 5) is 41.9. The number of piperidine rings is 2. The van der Waals surface area contributed by atoms with Crippen molar-refractivity contribution in [3.63, 3.8) is 0 Å². The highest BCUT2D eigenvalue weighted by Crippen LogP contribution is 2.39. The van der Waals surface area contributed by atoms with Crippen LogP contribution in [0.15, 0.2) is 42.5 Å². The molecule has 246 valence electrons. The first kappa shape index (κ1) is 34.0. The molecule has 0 bridgehead atoms. The summed E-state index contributed by atoms with van der Waals surface area (Å²) in [6.07, 6.45) is -8.89. The van der Waals surface area contributed by atoms with Crippen LogP contribution in [0.25, 0.3) is 0 Å². The summed E-state index contributed by atoms with van der Waals surface area (Å²) in [6, 6.07) is 5.03. The molecule has 2 fully saturated rings. The van der Waals surface area contributed by atoms with E-state index in [0.717, 1.165) is 11.9 Å². The zero-order valence-electron chi connectivity index (χ0n) is 24.9. The Balaban J connectivity index is 1.54. The van der Waals surface area contributed by atoms with E-state index in [2.05, 4.69) is 5.43 Å². The first-order valence-electron chi connectivity index (χ1n) is 14.3. The van der Waals surface area contributed by atoms with Gasteiger partial charge in [-0.25, -0.2) is 14.2 Å². The number of nitrogens with zero attached hydrogens (tertiary/aromatic N) is 4. The van der Waals surface area contributed by atoms with Crippen molar-refractivity contribution in [2.75, 3.05) is 45.2 Å². The third-order valence-corrected chi connectivity index (χ3v) is 8.50. The van der Waals surface area contributed by atoms with Gasteiger partial charge in [0.15, 0.2) is 0 Å². The second-order valence-electron chi connectivity index (χ2n) is 11.4. The van der Waals surface area contributed by atoms with E-state index in [9.17, 15) is 45.1 Å². The maximum Gasteiger partial charge on any atom is 0.416 e. The summed E-state index contributed by atoms with van der Waals surface area (Å²) >= 11 is 0. The molecule has 2 aromatic rings. The summed E-state index contributed by atoms with van der Waals surface area (Å²) in [5.74, 6) is -1.59. The lowest BCUT2D eigenvalue weighted by atomic mass is 9.85. The quantitative estimate of drug-likeness (QED) is 0.436. The third-order valence-electron chi connectivity index (χ3n) is 8.50. The van der Waals surface area contributed by atoms with Crippen molar-refractivity contribution in [2.45, 2.75) is 50.5 Å². The monoisotopic (exact) mass is 645 g/mol. The molecule has 1 N–H and O–H groups in total. The summed E-state index contributed by atoms with van der Waals surface area (Å²) in [7, 11) is 2.49. The van der Waals surface area contributed by atoms with Crippen LogP contribution in [0.3, 0.4) is 0 Å². The number of amides is 4. The van der Waals surface area contributed by atoms with Gasteiger partial charge >= 0.3 is 18.4 Å². The van der Waals surface area contributed by atoms with Crippen LogP contribution in [0, 0.1) is 11.7 Å². The highest BCUT2D eigenvalue weighted by molar-refractivity contribution is 5.92. The summed E-state index contributed by atoms with van der Waals surface area (Å²) in [5.41, 5.74) is -0.150. The highest BCUT2D eigenvalue weighted by Gasteiger charge is 2.40. The van der Waals surface area contributed by atoms with E-state index < -0.39 is 53.0 Å². The van der Waals surface area contributed by atoms with E-state index in [-0.39, 0.29) is 43.3 Å². The minimum Gasteiger partial charge on any atom is -0.343 e. The van der Waals surface area contributed by atoms with Gasteiger partial charge in [-0.3, -0.25) is 19.9 Å². The fraction of sp³-hybridized carbons (Fsp3) is 0.500. The first-order chi connectivity index (χ1) is 21.0. The smallest absolute Gasteiger partial charge is 0.343 e. The van der Waals surface area contributed by atoms with Crippen molar-refractivity contribution in [3.8, 4) is 0 Å². The Hall–Kier alpha value is -3.88. The number of benzene rings is 2. The van der Waals surface area contributed by atoms with Crippen molar-refractivity contribution in [2.24, 2.45) is 5.92 Å². The number of likely N-dealkylation sites (N-methyl/N-ethyl adjacent to an activating group) is 1. The van der Waals surface area contributed by atoms with Crippen molar-refractivity contribution in [1.29, 1.82) is 0 Å². The molecular formula is C30H34F7N5O3. The Bertz CT molecular complexity index is 1360. The van der Waals surface area contributed by atoms with Crippen LogP contribution in [-0.4, -0.2) is 79.0 Å². The molecule has 2 saturated heterocycles. The normalized spacial score (nSPS) is 20.1. The molecule has 0 unspecified atom stereocenters. The molecular weight excluding hydrogens is 611 g/mol. The molecule has 2 aliphatic rings. The van der Waals surface area contributed by atoms with Crippen molar-refractivity contribution in [3.05, 3.63) is 65.0 Å². The van der Waals surface area contributed by atoms with Crippen LogP contribution >= 0.6 is 0 Å². The Morgan fingerprint density at radius 1 is 0.844 bits per heavy atom. The van der Waals surface area contributed by atoms with Gasteiger partial charge in [-0.15, -0.1) is 0 Å². The fourth-order valence-electron chi connectivity index (χ4n) is 5.87. The average Bonchev–Trinajstić information content (AvgIpc) is 2.99. The van der Waals surface area contributed by atoms with Gasteiger partial charge in [0, 0.05) is 70.8 Å². The van der Waals surface area contributed by atoms with Crippen molar-refractivity contribution in [1.82, 2.24) is 20.2 Å². The molecule has 2 aliphatic heterocycles. The number of hydrogen-bond acceptors (Lipinski definition) is 4. The van der Waals surface area contributed by atoms with Gasteiger partial charge < -0.3 is 9.80 Å². The zero-order valence-corrected chi connectivity index (χ0v) is 24.9. The molecule has 4 amide bonds. The van der Waals surface area contributed by atoms with Gasteiger partial charge in [0.2, 0.25) is 11.8 Å². The lowest BCUT2D eigenvalue weighted by Crippen LogP contribution is -2.57. The number of likely N-dealkylation sites (tertiary alicyclic amines) is 1. The molecule has 0 radical (unpaired) electrons. The molecule has 4 rings (SSSR count). The zero-order chi connectivity index (χ0) is 33.3. The van der Waals surface area contributed by atoms with E-state index in [0.29, 0.717) is 43.6 Å². The third kappa shape index (κ3) is 8.05. The van der Waals surface area contributed by atoms with Crippen molar-refractivity contribution < 1.29 is 45.1 Å². The van der Waals surface area contributed by atoms with Crippen LogP contribution in [0.1, 0.15) is 48.8 Å². The number of carbonyl (C=O) groups excluding carboxylic acids is 3. The maximum atomic E-state index is 13.8. The largest absolute Gasteiger partial charge is 0.416 e. The van der Waals surface area contributed by atoms with E-state index in [4.69, 9.17) is 0 Å². The molecule has 0 aromatic heterocycles. The molecule has 15 heteroatoms. The lowest BCUT2D eigenvalue weighted by Gasteiger charge is -2.44. The van der Waals surface area contributed by atoms with Gasteiger partial charge in [-0.2, -0.15) is 26.3 Å². The Morgan fingerprint density at radius 3 is 1.91 bits per heavy atom. The number of alkyl halides is 6. The van der Waals surface area contributed by atoms with Crippen LogP contribution in [0.5, 0.6) is 0 Å². The van der Waals surface area contributed by atoms with Gasteiger partial charge in [0.05, 0.1) is 11.1 Å². The van der Waals surface area contributed by atoms with Crippen molar-refractivity contribution >= 4 is 23.5 Å². The average molecular weight is 646 g/mol. The number of anilines is 1. The SMILES string of the molecule is CC(=O)N1CCC(C(=O)NN2CC[C@@H](N(C)C(=O)N(C)c3cc(C(F)(F)F)cc(C(F)(F)F)c3)[C@H](c3ccc(F)cc3)C2)CC1. The lowest BCUT2D eigenvalue weighted by molar-refractivity contribution is -0.143. The molecule has 2 aromatic carbocycles. The highest BCUT2D eigenvalue weighted by atomic mass is 19.4. The Kier molecular flexibility index (Phi) is 10.00. The van der Waals surface area contributed by atoms with E-state index in [1.165, 1.54) is 43.1 Å². The van der Waals surface area contributed by atoms with Crippen LogP contribution in [-0.2, 0) is 21.9 Å². The van der Waals surface area contributed by atoms with E-state index in [1.807, 2.05) is 0 Å². The summed E-state index contributed by atoms with van der Waals surface area (Å²) < 4.78 is 94.5. The number of nitrogens with one attached hydrogen (secondary N) is 1. The summed E-state index contributed by atoms with van der Waals surface area (Å²) in [5, 5.41) is 1.69. The summed E-state index contributed by atoms with van der Waals surface area (Å²) in [6.45, 7) is 2.87. The Morgan fingerprint density at radius 2 is 1.40 bits per heavy atom. The number of rotatable bonds is 5. The fourth-order valence-corrected chi connectivity index (χ4v) is 5.87. The molecule has 8 nitrogen and oxygen atoms in total. The number of halogens is 7. The topological polar surface area (TPSA) is 76.2 Å². The molecule has 0 aliphatic carbocycles. The van der Waals surface area contributed by atoms with Gasteiger partial charge in [-0.1, -0.05) is 12.1 Å². The molecule has 2 atom stereocenters. The Labute approximate surface area is 255 Å². The number of carbonyl (C=O) groups is 3. The second kappa shape index (κ2) is 13.2.